The zero-order chi connectivity index (χ0) is 12.5. The van der Waals surface area contributed by atoms with Crippen LogP contribution >= 0.6 is 11.3 Å². The van der Waals surface area contributed by atoms with E-state index in [9.17, 15) is 9.59 Å². The Hall–Kier alpha value is -1.36. The fraction of sp³-hybridized carbons (Fsp3) is 0.500. The number of hydrogen-bond donors (Lipinski definition) is 2. The highest BCUT2D eigenvalue weighted by atomic mass is 32.1. The summed E-state index contributed by atoms with van der Waals surface area (Å²) < 4.78 is 0. The van der Waals surface area contributed by atoms with Crippen molar-refractivity contribution in [2.75, 3.05) is 0 Å². The van der Waals surface area contributed by atoms with Crippen LogP contribution in [0.1, 0.15) is 40.9 Å². The molecule has 0 atom stereocenters. The average Bonchev–Trinajstić information content (AvgIpc) is 2.60. The van der Waals surface area contributed by atoms with Gasteiger partial charge in [0.1, 0.15) is 0 Å². The molecule has 4 nitrogen and oxygen atoms in total. The first kappa shape index (κ1) is 12.1. The number of thiophene rings is 1. The minimum absolute atomic E-state index is 0.0170. The summed E-state index contributed by atoms with van der Waals surface area (Å²) in [6, 6.07) is 1.89. The molecule has 2 N–H and O–H groups in total. The Morgan fingerprint density at radius 2 is 2.24 bits per heavy atom. The van der Waals surface area contributed by atoms with Crippen molar-refractivity contribution < 1.29 is 14.7 Å². The molecule has 5 heteroatoms. The standard InChI is InChI=1S/C12H15NO3S/c1-8-3-6-17-10(8)11(16)13-12(4-2-5-12)7-9(14)15/h3,6H,2,4-5,7H2,1H3,(H,13,16)(H,14,15). The maximum atomic E-state index is 12.0. The number of carbonyl (C=O) groups excluding carboxylic acids is 1. The Bertz CT molecular complexity index is 448. The molecule has 1 saturated carbocycles. The summed E-state index contributed by atoms with van der Waals surface area (Å²) in [7, 11) is 0. The molecule has 92 valence electrons. The van der Waals surface area contributed by atoms with Crippen molar-refractivity contribution in [1.29, 1.82) is 0 Å². The highest BCUT2D eigenvalue weighted by molar-refractivity contribution is 7.12. The molecule has 17 heavy (non-hydrogen) atoms. The molecule has 0 spiro atoms. The third-order valence-electron chi connectivity index (χ3n) is 3.25. The number of nitrogens with one attached hydrogen (secondary N) is 1. The van der Waals surface area contributed by atoms with E-state index in [0.717, 1.165) is 24.8 Å². The van der Waals surface area contributed by atoms with Gasteiger partial charge in [0.05, 0.1) is 16.8 Å². The molecule has 1 aromatic heterocycles. The minimum atomic E-state index is -0.854. The maximum Gasteiger partial charge on any atom is 0.305 e. The largest absolute Gasteiger partial charge is 0.481 e. The van der Waals surface area contributed by atoms with Gasteiger partial charge in [-0.25, -0.2) is 0 Å². The summed E-state index contributed by atoms with van der Waals surface area (Å²) in [5.74, 6) is -0.994. The lowest BCUT2D eigenvalue weighted by Gasteiger charge is -2.41. The Morgan fingerprint density at radius 1 is 1.53 bits per heavy atom. The molecular weight excluding hydrogens is 238 g/mol. The van der Waals surface area contributed by atoms with Crippen LogP contribution in [0, 0.1) is 6.92 Å². The van der Waals surface area contributed by atoms with Gasteiger partial charge in [-0.3, -0.25) is 9.59 Å². The number of carboxylic acid groups (broad SMARTS) is 1. The highest BCUT2D eigenvalue weighted by Gasteiger charge is 2.40. The molecule has 0 saturated heterocycles. The van der Waals surface area contributed by atoms with Crippen LogP contribution < -0.4 is 5.32 Å². The summed E-state index contributed by atoms with van der Waals surface area (Å²) in [5.41, 5.74) is 0.427. The fourth-order valence-corrected chi connectivity index (χ4v) is 2.96. The van der Waals surface area contributed by atoms with E-state index in [2.05, 4.69) is 5.32 Å². The van der Waals surface area contributed by atoms with Gasteiger partial charge < -0.3 is 10.4 Å². The Kier molecular flexibility index (Phi) is 3.19. The lowest BCUT2D eigenvalue weighted by atomic mass is 9.74. The molecular formula is C12H15NO3S. The third kappa shape index (κ3) is 2.49. The van der Waals surface area contributed by atoms with Gasteiger partial charge in [0.25, 0.3) is 5.91 Å². The molecule has 2 rings (SSSR count). The number of aryl methyl sites for hydroxylation is 1. The number of hydrogen-bond acceptors (Lipinski definition) is 3. The van der Waals surface area contributed by atoms with Crippen LogP contribution in [0.2, 0.25) is 0 Å². The lowest BCUT2D eigenvalue weighted by molar-refractivity contribution is -0.139. The lowest BCUT2D eigenvalue weighted by Crippen LogP contribution is -2.54. The molecule has 0 aromatic carbocycles. The zero-order valence-electron chi connectivity index (χ0n) is 9.66. The predicted octanol–water partition coefficient (Wildman–Crippen LogP) is 2.18. The second-order valence-electron chi connectivity index (χ2n) is 4.59. The van der Waals surface area contributed by atoms with Crippen molar-refractivity contribution in [2.45, 2.75) is 38.1 Å². The van der Waals surface area contributed by atoms with E-state index in [0.29, 0.717) is 4.88 Å². The van der Waals surface area contributed by atoms with E-state index >= 15 is 0 Å². The van der Waals surface area contributed by atoms with Crippen LogP contribution in [-0.4, -0.2) is 22.5 Å². The molecule has 0 radical (unpaired) electrons. The van der Waals surface area contributed by atoms with E-state index in [1.54, 1.807) is 0 Å². The van der Waals surface area contributed by atoms with Crippen LogP contribution in [0.5, 0.6) is 0 Å². The smallest absolute Gasteiger partial charge is 0.305 e. The van der Waals surface area contributed by atoms with Gasteiger partial charge in [-0.15, -0.1) is 11.3 Å². The molecule has 0 aliphatic heterocycles. The van der Waals surface area contributed by atoms with Crippen molar-refractivity contribution in [3.63, 3.8) is 0 Å². The second-order valence-corrected chi connectivity index (χ2v) is 5.51. The van der Waals surface area contributed by atoms with E-state index in [-0.39, 0.29) is 12.3 Å². The van der Waals surface area contributed by atoms with Gasteiger partial charge >= 0.3 is 5.97 Å². The molecule has 1 aliphatic carbocycles. The van der Waals surface area contributed by atoms with Crippen LogP contribution in [0.15, 0.2) is 11.4 Å². The number of carboxylic acids is 1. The quantitative estimate of drug-likeness (QED) is 0.864. The van der Waals surface area contributed by atoms with E-state index in [4.69, 9.17) is 5.11 Å². The topological polar surface area (TPSA) is 66.4 Å². The van der Waals surface area contributed by atoms with Gasteiger partial charge in [-0.2, -0.15) is 0 Å². The van der Waals surface area contributed by atoms with Crippen molar-refractivity contribution in [2.24, 2.45) is 0 Å². The molecule has 1 aliphatic rings. The van der Waals surface area contributed by atoms with Crippen molar-refractivity contribution in [3.05, 3.63) is 21.9 Å². The normalized spacial score (nSPS) is 17.2. The summed E-state index contributed by atoms with van der Waals surface area (Å²) in [6.45, 7) is 1.88. The summed E-state index contributed by atoms with van der Waals surface area (Å²) in [5, 5.41) is 13.6. The maximum absolute atomic E-state index is 12.0. The molecule has 0 bridgehead atoms. The third-order valence-corrected chi connectivity index (χ3v) is 4.26. The number of aliphatic carboxylic acids is 1. The van der Waals surface area contributed by atoms with Crippen LogP contribution in [-0.2, 0) is 4.79 Å². The van der Waals surface area contributed by atoms with Crippen LogP contribution in [0.3, 0.4) is 0 Å². The SMILES string of the molecule is Cc1ccsc1C(=O)NC1(CC(=O)O)CCC1. The molecule has 1 heterocycles. The first-order chi connectivity index (χ1) is 8.02. The first-order valence-corrected chi connectivity index (χ1v) is 6.49. The van der Waals surface area contributed by atoms with Crippen molar-refractivity contribution in [3.8, 4) is 0 Å². The van der Waals surface area contributed by atoms with Gasteiger partial charge in [0.15, 0.2) is 0 Å². The van der Waals surface area contributed by atoms with Gasteiger partial charge in [0, 0.05) is 0 Å². The van der Waals surface area contributed by atoms with E-state index < -0.39 is 11.5 Å². The Labute approximate surface area is 104 Å². The van der Waals surface area contributed by atoms with Crippen LogP contribution in [0.4, 0.5) is 0 Å². The second kappa shape index (κ2) is 4.49. The molecule has 1 aromatic rings. The summed E-state index contributed by atoms with van der Waals surface area (Å²) in [6.07, 6.45) is 2.52. The fourth-order valence-electron chi connectivity index (χ4n) is 2.14. The number of amides is 1. The van der Waals surface area contributed by atoms with Gasteiger partial charge in [0.2, 0.25) is 0 Å². The first-order valence-electron chi connectivity index (χ1n) is 5.61. The monoisotopic (exact) mass is 253 g/mol. The number of carbonyl (C=O) groups is 2. The van der Waals surface area contributed by atoms with Crippen molar-refractivity contribution in [1.82, 2.24) is 5.32 Å². The molecule has 1 fully saturated rings. The Balaban J connectivity index is 2.07. The summed E-state index contributed by atoms with van der Waals surface area (Å²) in [4.78, 5) is 23.5. The molecule has 1 amide bonds. The van der Waals surface area contributed by atoms with E-state index in [1.807, 2.05) is 18.4 Å². The van der Waals surface area contributed by atoms with Gasteiger partial charge in [-0.05, 0) is 43.2 Å². The summed E-state index contributed by atoms with van der Waals surface area (Å²) >= 11 is 1.39. The van der Waals surface area contributed by atoms with Gasteiger partial charge in [-0.1, -0.05) is 0 Å². The highest BCUT2D eigenvalue weighted by Crippen LogP contribution is 2.35. The zero-order valence-corrected chi connectivity index (χ0v) is 10.5. The number of rotatable bonds is 4. The average molecular weight is 253 g/mol. The minimum Gasteiger partial charge on any atom is -0.481 e. The molecule has 0 unspecified atom stereocenters. The van der Waals surface area contributed by atoms with Crippen molar-refractivity contribution >= 4 is 23.2 Å². The van der Waals surface area contributed by atoms with E-state index in [1.165, 1.54) is 11.3 Å². The Morgan fingerprint density at radius 3 is 2.65 bits per heavy atom. The predicted molar refractivity (Wildman–Crippen MR) is 65.4 cm³/mol. The van der Waals surface area contributed by atoms with Crippen LogP contribution in [0.25, 0.3) is 0 Å².